The number of ether oxygens (including phenoxy) is 2. The number of hydrogen-bond donors (Lipinski definition) is 0. The fourth-order valence-corrected chi connectivity index (χ4v) is 3.30. The van der Waals surface area contributed by atoms with Gasteiger partial charge in [-0.1, -0.05) is 11.6 Å². The first kappa shape index (κ1) is 17.2. The number of fused-ring (bicyclic) bond motifs is 1. The van der Waals surface area contributed by atoms with Crippen molar-refractivity contribution in [3.8, 4) is 11.5 Å². The fourth-order valence-electron chi connectivity index (χ4n) is 3.11. The molecule has 0 aliphatic carbocycles. The van der Waals surface area contributed by atoms with Gasteiger partial charge in [0.15, 0.2) is 11.5 Å². The molecule has 0 spiro atoms. The summed E-state index contributed by atoms with van der Waals surface area (Å²) in [5.41, 5.74) is 0.956. The molecule has 3 rings (SSSR count). The van der Waals surface area contributed by atoms with Crippen LogP contribution in [0.4, 0.5) is 0 Å². The Morgan fingerprint density at radius 2 is 1.83 bits per heavy atom. The third-order valence-corrected chi connectivity index (χ3v) is 4.86. The summed E-state index contributed by atoms with van der Waals surface area (Å²) < 4.78 is 11.7. The monoisotopic (exact) mass is 349 g/mol. The maximum Gasteiger partial charge on any atom is 0.162 e. The standard InChI is InChI=1S/C18H24ClN3O2/c1-18(2,3)22-7-5-12(6-8-22)24-16-9-13-14(10-15(16)23-4)20-11-21-17(13)19/h9-12H,5-8H2,1-4H3. The van der Waals surface area contributed by atoms with Gasteiger partial charge in [0.1, 0.15) is 17.6 Å². The number of methoxy groups -OCH3 is 1. The van der Waals surface area contributed by atoms with Crippen LogP contribution in [-0.4, -0.2) is 46.7 Å². The molecule has 5 nitrogen and oxygen atoms in total. The third kappa shape index (κ3) is 3.57. The van der Waals surface area contributed by atoms with Crippen molar-refractivity contribution in [2.24, 2.45) is 0 Å². The van der Waals surface area contributed by atoms with Gasteiger partial charge in [0.2, 0.25) is 0 Å². The summed E-state index contributed by atoms with van der Waals surface area (Å²) in [5.74, 6) is 1.38. The Bertz CT molecular complexity index is 722. The summed E-state index contributed by atoms with van der Waals surface area (Å²) in [6, 6.07) is 3.73. The molecule has 24 heavy (non-hydrogen) atoms. The Morgan fingerprint density at radius 3 is 2.46 bits per heavy atom. The number of hydrogen-bond acceptors (Lipinski definition) is 5. The zero-order valence-electron chi connectivity index (χ0n) is 14.7. The Labute approximate surface area is 147 Å². The van der Waals surface area contributed by atoms with Crippen molar-refractivity contribution in [1.82, 2.24) is 14.9 Å². The van der Waals surface area contributed by atoms with E-state index in [0.717, 1.165) is 36.8 Å². The van der Waals surface area contributed by atoms with Crippen LogP contribution >= 0.6 is 11.6 Å². The molecule has 6 heteroatoms. The Morgan fingerprint density at radius 1 is 1.12 bits per heavy atom. The van der Waals surface area contributed by atoms with E-state index < -0.39 is 0 Å². The van der Waals surface area contributed by atoms with Gasteiger partial charge in [0.05, 0.1) is 12.6 Å². The molecule has 2 heterocycles. The number of benzene rings is 1. The molecule has 1 saturated heterocycles. The molecule has 0 bridgehead atoms. The molecule has 0 radical (unpaired) electrons. The molecule has 1 aromatic carbocycles. The van der Waals surface area contributed by atoms with Crippen molar-refractivity contribution in [2.45, 2.75) is 45.3 Å². The zero-order chi connectivity index (χ0) is 17.3. The molecule has 0 amide bonds. The normalized spacial score (nSPS) is 17.2. The van der Waals surface area contributed by atoms with Crippen molar-refractivity contribution in [3.05, 3.63) is 23.6 Å². The highest BCUT2D eigenvalue weighted by molar-refractivity contribution is 6.34. The molecule has 0 unspecified atom stereocenters. The number of likely N-dealkylation sites (tertiary alicyclic amines) is 1. The summed E-state index contributed by atoms with van der Waals surface area (Å²) in [4.78, 5) is 10.8. The second kappa shape index (κ2) is 6.73. The summed E-state index contributed by atoms with van der Waals surface area (Å²) in [6.45, 7) is 8.83. The van der Waals surface area contributed by atoms with E-state index in [1.807, 2.05) is 12.1 Å². The maximum absolute atomic E-state index is 6.24. The van der Waals surface area contributed by atoms with E-state index in [2.05, 4.69) is 35.6 Å². The van der Waals surface area contributed by atoms with E-state index in [1.54, 1.807) is 7.11 Å². The highest BCUT2D eigenvalue weighted by Crippen LogP contribution is 2.35. The van der Waals surface area contributed by atoms with E-state index >= 15 is 0 Å². The van der Waals surface area contributed by atoms with Crippen LogP contribution in [0.2, 0.25) is 5.15 Å². The van der Waals surface area contributed by atoms with Crippen LogP contribution in [0.1, 0.15) is 33.6 Å². The van der Waals surface area contributed by atoms with E-state index in [-0.39, 0.29) is 11.6 Å². The molecule has 2 aromatic rings. The van der Waals surface area contributed by atoms with E-state index in [4.69, 9.17) is 21.1 Å². The van der Waals surface area contributed by atoms with E-state index in [0.29, 0.717) is 16.7 Å². The first-order chi connectivity index (χ1) is 11.4. The topological polar surface area (TPSA) is 47.5 Å². The van der Waals surface area contributed by atoms with Gasteiger partial charge in [-0.25, -0.2) is 9.97 Å². The minimum atomic E-state index is 0.179. The summed E-state index contributed by atoms with van der Waals surface area (Å²) >= 11 is 6.18. The number of piperidine rings is 1. The fraction of sp³-hybridized carbons (Fsp3) is 0.556. The molecule has 1 aliphatic rings. The predicted molar refractivity (Wildman–Crippen MR) is 96.1 cm³/mol. The highest BCUT2D eigenvalue weighted by Gasteiger charge is 2.28. The first-order valence-corrected chi connectivity index (χ1v) is 8.66. The lowest BCUT2D eigenvalue weighted by Crippen LogP contribution is -2.48. The lowest BCUT2D eigenvalue weighted by atomic mass is 9.99. The van der Waals surface area contributed by atoms with Crippen LogP contribution in [0, 0.1) is 0 Å². The molecular formula is C18H24ClN3O2. The highest BCUT2D eigenvalue weighted by atomic mass is 35.5. The largest absolute Gasteiger partial charge is 0.493 e. The number of rotatable bonds is 3. The van der Waals surface area contributed by atoms with Crippen molar-refractivity contribution in [1.29, 1.82) is 0 Å². The Hall–Kier alpha value is -1.59. The predicted octanol–water partition coefficient (Wildman–Crippen LogP) is 3.93. The second-order valence-electron chi connectivity index (χ2n) is 7.16. The Kier molecular flexibility index (Phi) is 4.83. The van der Waals surface area contributed by atoms with Crippen LogP contribution in [0.5, 0.6) is 11.5 Å². The van der Waals surface area contributed by atoms with Crippen LogP contribution < -0.4 is 9.47 Å². The van der Waals surface area contributed by atoms with Crippen molar-refractivity contribution < 1.29 is 9.47 Å². The second-order valence-corrected chi connectivity index (χ2v) is 7.52. The molecule has 1 aromatic heterocycles. The number of nitrogens with zero attached hydrogens (tertiary/aromatic N) is 3. The molecule has 1 fully saturated rings. The summed E-state index contributed by atoms with van der Waals surface area (Å²) in [7, 11) is 1.64. The van der Waals surface area contributed by atoms with Gasteiger partial charge in [-0.2, -0.15) is 0 Å². The van der Waals surface area contributed by atoms with Crippen LogP contribution in [-0.2, 0) is 0 Å². The van der Waals surface area contributed by atoms with Gasteiger partial charge in [-0.3, -0.25) is 4.90 Å². The molecule has 0 N–H and O–H groups in total. The lowest BCUT2D eigenvalue weighted by molar-refractivity contribution is 0.0481. The minimum absolute atomic E-state index is 0.179. The van der Waals surface area contributed by atoms with Gasteiger partial charge in [0, 0.05) is 30.1 Å². The van der Waals surface area contributed by atoms with Crippen molar-refractivity contribution in [3.63, 3.8) is 0 Å². The molecule has 130 valence electrons. The minimum Gasteiger partial charge on any atom is -0.493 e. The lowest BCUT2D eigenvalue weighted by Gasteiger charge is -2.40. The number of halogens is 1. The van der Waals surface area contributed by atoms with Crippen LogP contribution in [0.3, 0.4) is 0 Å². The first-order valence-electron chi connectivity index (χ1n) is 8.28. The quantitative estimate of drug-likeness (QED) is 0.785. The third-order valence-electron chi connectivity index (χ3n) is 4.56. The van der Waals surface area contributed by atoms with E-state index in [9.17, 15) is 0 Å². The van der Waals surface area contributed by atoms with Gasteiger partial charge in [-0.05, 0) is 39.7 Å². The zero-order valence-corrected chi connectivity index (χ0v) is 15.4. The average molecular weight is 350 g/mol. The van der Waals surface area contributed by atoms with Gasteiger partial charge in [-0.15, -0.1) is 0 Å². The average Bonchev–Trinajstić information content (AvgIpc) is 2.55. The molecule has 0 atom stereocenters. The van der Waals surface area contributed by atoms with Crippen LogP contribution in [0.25, 0.3) is 10.9 Å². The van der Waals surface area contributed by atoms with Gasteiger partial charge in [0.25, 0.3) is 0 Å². The summed E-state index contributed by atoms with van der Waals surface area (Å²) in [6.07, 6.45) is 3.63. The SMILES string of the molecule is COc1cc2ncnc(Cl)c2cc1OC1CCN(C(C)(C)C)CC1. The van der Waals surface area contributed by atoms with E-state index in [1.165, 1.54) is 6.33 Å². The Balaban J connectivity index is 1.79. The maximum atomic E-state index is 6.24. The smallest absolute Gasteiger partial charge is 0.162 e. The molecule has 1 aliphatic heterocycles. The van der Waals surface area contributed by atoms with Crippen molar-refractivity contribution in [2.75, 3.05) is 20.2 Å². The van der Waals surface area contributed by atoms with Crippen LogP contribution in [0.15, 0.2) is 18.5 Å². The molecular weight excluding hydrogens is 326 g/mol. The van der Waals surface area contributed by atoms with Crippen molar-refractivity contribution >= 4 is 22.5 Å². The van der Waals surface area contributed by atoms with Gasteiger partial charge < -0.3 is 9.47 Å². The van der Waals surface area contributed by atoms with Gasteiger partial charge >= 0.3 is 0 Å². The molecule has 0 saturated carbocycles. The summed E-state index contributed by atoms with van der Waals surface area (Å²) in [5, 5.41) is 1.21. The number of aromatic nitrogens is 2.